The fourth-order valence-electron chi connectivity index (χ4n) is 4.17. The lowest BCUT2D eigenvalue weighted by Gasteiger charge is -2.26. The van der Waals surface area contributed by atoms with E-state index in [0.29, 0.717) is 36.6 Å². The first-order valence-electron chi connectivity index (χ1n) is 11.3. The number of hydrogen-bond donors (Lipinski definition) is 0. The van der Waals surface area contributed by atoms with Crippen LogP contribution in [0.5, 0.6) is 17.2 Å². The fraction of sp³-hybridized carbons (Fsp3) is 0.269. The van der Waals surface area contributed by atoms with Crippen LogP contribution in [0.3, 0.4) is 0 Å². The standard InChI is InChI=1S/C26H23BrI2N2O6S/c1-6-37-25(33)21-12(2)30-26-31(22(21)14-10-18(34-3)19(35-4)11-15(14)27)24(32)20(38-26)9-13-7-16(28)23(36-5)17(29)8-13/h7-11,22H,6H2,1-5H3/b20-9-. The van der Waals surface area contributed by atoms with Crippen molar-refractivity contribution in [2.45, 2.75) is 19.9 Å². The molecule has 2 heterocycles. The van der Waals surface area contributed by atoms with Gasteiger partial charge in [-0.1, -0.05) is 27.3 Å². The van der Waals surface area contributed by atoms with E-state index in [2.05, 4.69) is 66.1 Å². The monoisotopic (exact) mass is 824 g/mol. The van der Waals surface area contributed by atoms with Crippen LogP contribution in [0, 0.1) is 7.14 Å². The van der Waals surface area contributed by atoms with Crippen molar-refractivity contribution in [1.82, 2.24) is 4.57 Å². The summed E-state index contributed by atoms with van der Waals surface area (Å²) < 4.78 is 26.4. The van der Waals surface area contributed by atoms with E-state index in [1.807, 2.05) is 18.2 Å². The van der Waals surface area contributed by atoms with E-state index < -0.39 is 12.0 Å². The summed E-state index contributed by atoms with van der Waals surface area (Å²) >= 11 is 9.31. The second kappa shape index (κ2) is 12.1. The molecule has 0 saturated heterocycles. The lowest BCUT2D eigenvalue weighted by molar-refractivity contribution is -0.139. The number of fused-ring (bicyclic) bond motifs is 1. The molecule has 1 aliphatic rings. The maximum atomic E-state index is 13.9. The lowest BCUT2D eigenvalue weighted by Crippen LogP contribution is -2.40. The van der Waals surface area contributed by atoms with Crippen LogP contribution in [0.25, 0.3) is 6.08 Å². The minimum absolute atomic E-state index is 0.189. The molecule has 4 rings (SSSR count). The zero-order valence-corrected chi connectivity index (χ0v) is 27.8. The topological polar surface area (TPSA) is 88.4 Å². The Kier molecular flexibility index (Phi) is 9.25. The second-order valence-electron chi connectivity index (χ2n) is 8.05. The third-order valence-electron chi connectivity index (χ3n) is 5.84. The molecule has 0 saturated carbocycles. The molecule has 0 spiro atoms. The van der Waals surface area contributed by atoms with E-state index in [4.69, 9.17) is 18.9 Å². The largest absolute Gasteiger partial charge is 0.495 e. The van der Waals surface area contributed by atoms with Gasteiger partial charge in [-0.3, -0.25) is 9.36 Å². The van der Waals surface area contributed by atoms with Crippen molar-refractivity contribution in [2.75, 3.05) is 27.9 Å². The SMILES string of the molecule is CCOC(=O)C1=C(C)N=c2s/c(=C\c3cc(I)c(OC)c(I)c3)c(=O)n2C1c1cc(OC)c(OC)cc1Br. The Bertz CT molecular complexity index is 1620. The third kappa shape index (κ3) is 5.41. The molecule has 2 aromatic carbocycles. The molecule has 1 aromatic heterocycles. The summed E-state index contributed by atoms with van der Waals surface area (Å²) in [5.74, 6) is 1.23. The lowest BCUT2D eigenvalue weighted by atomic mass is 9.95. The Labute approximate surface area is 258 Å². The Morgan fingerprint density at radius 2 is 1.74 bits per heavy atom. The number of ether oxygens (including phenoxy) is 4. The van der Waals surface area contributed by atoms with Gasteiger partial charge in [0, 0.05) is 4.47 Å². The van der Waals surface area contributed by atoms with Crippen molar-refractivity contribution in [3.63, 3.8) is 0 Å². The number of thiazole rings is 1. The minimum atomic E-state index is -0.794. The Hall–Kier alpha value is -1.91. The van der Waals surface area contributed by atoms with Crippen LogP contribution in [0.15, 0.2) is 49.8 Å². The van der Waals surface area contributed by atoms with Gasteiger partial charge >= 0.3 is 5.97 Å². The van der Waals surface area contributed by atoms with Gasteiger partial charge in [-0.2, -0.15) is 0 Å². The number of methoxy groups -OCH3 is 3. The van der Waals surface area contributed by atoms with Crippen LogP contribution >= 0.6 is 72.4 Å². The first-order valence-corrected chi connectivity index (χ1v) is 15.1. The molecule has 0 aliphatic carbocycles. The summed E-state index contributed by atoms with van der Waals surface area (Å²) in [6, 6.07) is 6.63. The van der Waals surface area contributed by atoms with E-state index in [-0.39, 0.29) is 17.7 Å². The van der Waals surface area contributed by atoms with Crippen LogP contribution in [0.2, 0.25) is 0 Å². The number of esters is 1. The predicted molar refractivity (Wildman–Crippen MR) is 166 cm³/mol. The van der Waals surface area contributed by atoms with Gasteiger partial charge in [-0.15, -0.1) is 0 Å². The molecule has 1 unspecified atom stereocenters. The molecule has 1 atom stereocenters. The van der Waals surface area contributed by atoms with Crippen molar-refractivity contribution in [2.24, 2.45) is 4.99 Å². The molecule has 0 radical (unpaired) electrons. The van der Waals surface area contributed by atoms with Gasteiger partial charge in [0.15, 0.2) is 16.3 Å². The first-order chi connectivity index (χ1) is 18.1. The van der Waals surface area contributed by atoms with Gasteiger partial charge in [0.2, 0.25) is 0 Å². The Balaban J connectivity index is 2.00. The molecule has 0 bridgehead atoms. The Morgan fingerprint density at radius 1 is 1.11 bits per heavy atom. The maximum absolute atomic E-state index is 13.9. The van der Waals surface area contributed by atoms with Crippen molar-refractivity contribution in [1.29, 1.82) is 0 Å². The van der Waals surface area contributed by atoms with Gasteiger partial charge in [0.25, 0.3) is 5.56 Å². The molecule has 38 heavy (non-hydrogen) atoms. The second-order valence-corrected chi connectivity index (χ2v) is 12.2. The smallest absolute Gasteiger partial charge is 0.338 e. The van der Waals surface area contributed by atoms with Crippen LogP contribution < -0.4 is 29.1 Å². The maximum Gasteiger partial charge on any atom is 0.338 e. The van der Waals surface area contributed by atoms with Crippen LogP contribution in [-0.4, -0.2) is 38.5 Å². The average molecular weight is 825 g/mol. The number of aromatic nitrogens is 1. The van der Waals surface area contributed by atoms with E-state index >= 15 is 0 Å². The van der Waals surface area contributed by atoms with E-state index in [9.17, 15) is 9.59 Å². The van der Waals surface area contributed by atoms with Crippen molar-refractivity contribution in [3.05, 3.63) is 78.0 Å². The van der Waals surface area contributed by atoms with Crippen LogP contribution in [0.1, 0.15) is 31.0 Å². The molecule has 12 heteroatoms. The number of carbonyl (C=O) groups is 1. The summed E-state index contributed by atoms with van der Waals surface area (Å²) in [6.07, 6.45) is 1.83. The molecule has 3 aromatic rings. The van der Waals surface area contributed by atoms with Crippen molar-refractivity contribution in [3.8, 4) is 17.2 Å². The molecule has 0 amide bonds. The average Bonchev–Trinajstić information content (AvgIpc) is 3.17. The Morgan fingerprint density at radius 3 is 2.32 bits per heavy atom. The number of allylic oxidation sites excluding steroid dienone is 1. The zero-order valence-electron chi connectivity index (χ0n) is 21.1. The van der Waals surface area contributed by atoms with E-state index in [1.165, 1.54) is 18.4 Å². The highest BCUT2D eigenvalue weighted by Crippen LogP contribution is 2.40. The number of hydrogen-bond acceptors (Lipinski definition) is 8. The van der Waals surface area contributed by atoms with Gasteiger partial charge < -0.3 is 18.9 Å². The number of nitrogens with zero attached hydrogens (tertiary/aromatic N) is 2. The van der Waals surface area contributed by atoms with Crippen molar-refractivity contribution >= 4 is 84.5 Å². The summed E-state index contributed by atoms with van der Waals surface area (Å²) in [4.78, 5) is 32.2. The minimum Gasteiger partial charge on any atom is -0.495 e. The first kappa shape index (κ1) is 29.1. The molecule has 200 valence electrons. The van der Waals surface area contributed by atoms with Gasteiger partial charge in [-0.05, 0) is 100 Å². The normalized spacial score (nSPS) is 15.2. The number of halogens is 3. The summed E-state index contributed by atoms with van der Waals surface area (Å²) in [7, 11) is 4.71. The summed E-state index contributed by atoms with van der Waals surface area (Å²) in [5, 5.41) is 0. The summed E-state index contributed by atoms with van der Waals surface area (Å²) in [5.41, 5.74) is 2.00. The molecule has 8 nitrogen and oxygen atoms in total. The third-order valence-corrected chi connectivity index (χ3v) is 9.11. The highest BCUT2D eigenvalue weighted by atomic mass is 127. The molecular weight excluding hydrogens is 802 g/mol. The zero-order chi connectivity index (χ0) is 27.7. The molecule has 0 N–H and O–H groups in total. The number of carbonyl (C=O) groups excluding carboxylic acids is 1. The van der Waals surface area contributed by atoms with E-state index in [1.54, 1.807) is 44.8 Å². The van der Waals surface area contributed by atoms with E-state index in [0.717, 1.165) is 18.5 Å². The fourth-order valence-corrected chi connectivity index (χ4v) is 8.02. The quantitative estimate of drug-likeness (QED) is 0.252. The van der Waals surface area contributed by atoms with Crippen molar-refractivity contribution < 1.29 is 23.7 Å². The molecule has 1 aliphatic heterocycles. The highest BCUT2D eigenvalue weighted by molar-refractivity contribution is 14.1. The predicted octanol–water partition coefficient (Wildman–Crippen LogP) is 4.80. The molecular formula is C26H23BrI2N2O6S. The summed E-state index contributed by atoms with van der Waals surface area (Å²) in [6.45, 7) is 3.68. The number of benzene rings is 2. The van der Waals surface area contributed by atoms with Gasteiger partial charge in [-0.25, -0.2) is 9.79 Å². The highest BCUT2D eigenvalue weighted by Gasteiger charge is 2.35. The van der Waals surface area contributed by atoms with Gasteiger partial charge in [0.05, 0.1) is 56.9 Å². The number of rotatable bonds is 7. The van der Waals surface area contributed by atoms with Gasteiger partial charge in [0.1, 0.15) is 5.75 Å². The molecule has 0 fully saturated rings. The van der Waals surface area contributed by atoms with Crippen LogP contribution in [-0.2, 0) is 9.53 Å². The van der Waals surface area contributed by atoms with Crippen LogP contribution in [0.4, 0.5) is 0 Å².